The third kappa shape index (κ3) is 2.69. The summed E-state index contributed by atoms with van der Waals surface area (Å²) in [5.41, 5.74) is 0.969. The predicted octanol–water partition coefficient (Wildman–Crippen LogP) is 3.00. The summed E-state index contributed by atoms with van der Waals surface area (Å²) in [6.07, 6.45) is -0.267. The van der Waals surface area contributed by atoms with Gasteiger partial charge in [-0.3, -0.25) is 4.79 Å². The van der Waals surface area contributed by atoms with Crippen LogP contribution >= 0.6 is 27.5 Å². The van der Waals surface area contributed by atoms with Crippen molar-refractivity contribution in [1.82, 2.24) is 0 Å². The molecule has 0 amide bonds. The van der Waals surface area contributed by atoms with Crippen LogP contribution in [0.25, 0.3) is 0 Å². The van der Waals surface area contributed by atoms with Gasteiger partial charge in [-0.1, -0.05) is 33.6 Å². The Labute approximate surface area is 93.8 Å². The first-order chi connectivity index (χ1) is 6.54. The van der Waals surface area contributed by atoms with Gasteiger partial charge in [0.25, 0.3) is 0 Å². The molecule has 0 spiro atoms. The minimum atomic E-state index is -1.03. The Morgan fingerprint density at radius 1 is 1.57 bits per heavy atom. The maximum Gasteiger partial charge on any atom is 0.307 e. The van der Waals surface area contributed by atoms with Crippen molar-refractivity contribution in [1.29, 1.82) is 0 Å². The number of alkyl halides is 1. The van der Waals surface area contributed by atoms with Crippen molar-refractivity contribution >= 4 is 33.5 Å². The molecule has 14 heavy (non-hydrogen) atoms. The van der Waals surface area contributed by atoms with Crippen LogP contribution in [0.4, 0.5) is 4.39 Å². The lowest BCUT2D eigenvalue weighted by Gasteiger charge is -2.05. The quantitative estimate of drug-likeness (QED) is 0.865. The highest BCUT2D eigenvalue weighted by Crippen LogP contribution is 2.23. The normalized spacial score (nSPS) is 10.2. The topological polar surface area (TPSA) is 37.3 Å². The van der Waals surface area contributed by atoms with Crippen molar-refractivity contribution in [3.05, 3.63) is 34.1 Å². The second kappa shape index (κ2) is 4.75. The van der Waals surface area contributed by atoms with Crippen LogP contribution in [0.15, 0.2) is 12.1 Å². The van der Waals surface area contributed by atoms with Crippen LogP contribution in [-0.2, 0) is 16.5 Å². The van der Waals surface area contributed by atoms with E-state index in [0.29, 0.717) is 16.5 Å². The molecule has 2 nitrogen and oxygen atoms in total. The molecule has 0 aliphatic carbocycles. The van der Waals surface area contributed by atoms with Gasteiger partial charge in [0.1, 0.15) is 5.82 Å². The van der Waals surface area contributed by atoms with Crippen molar-refractivity contribution < 1.29 is 14.3 Å². The zero-order valence-electron chi connectivity index (χ0n) is 7.06. The molecular weight excluding hydrogens is 274 g/mol. The number of aliphatic carboxylic acids is 1. The average molecular weight is 282 g/mol. The Morgan fingerprint density at radius 3 is 2.71 bits per heavy atom. The van der Waals surface area contributed by atoms with Gasteiger partial charge in [-0.2, -0.15) is 0 Å². The van der Waals surface area contributed by atoms with Gasteiger partial charge < -0.3 is 5.11 Å². The smallest absolute Gasteiger partial charge is 0.307 e. The number of halogens is 3. The summed E-state index contributed by atoms with van der Waals surface area (Å²) in [5.74, 6) is -1.61. The summed E-state index contributed by atoms with van der Waals surface area (Å²) in [6, 6.07) is 2.86. The van der Waals surface area contributed by atoms with Gasteiger partial charge in [-0.05, 0) is 17.2 Å². The van der Waals surface area contributed by atoms with Crippen LogP contribution in [0.2, 0.25) is 5.02 Å². The lowest BCUT2D eigenvalue weighted by molar-refractivity contribution is -0.136. The lowest BCUT2D eigenvalue weighted by atomic mass is 10.1. The third-order valence-corrected chi connectivity index (χ3v) is 2.73. The molecule has 0 saturated carbocycles. The molecule has 1 N–H and O–H groups in total. The van der Waals surface area contributed by atoms with Gasteiger partial charge in [-0.15, -0.1) is 0 Å². The molecule has 0 aromatic heterocycles. The van der Waals surface area contributed by atoms with Gasteiger partial charge in [0.2, 0.25) is 0 Å². The van der Waals surface area contributed by atoms with E-state index in [-0.39, 0.29) is 11.4 Å². The molecule has 0 aliphatic heterocycles. The van der Waals surface area contributed by atoms with E-state index in [4.69, 9.17) is 16.7 Å². The van der Waals surface area contributed by atoms with Gasteiger partial charge in [0.15, 0.2) is 0 Å². The van der Waals surface area contributed by atoms with Gasteiger partial charge in [0, 0.05) is 5.33 Å². The largest absolute Gasteiger partial charge is 0.481 e. The van der Waals surface area contributed by atoms with Gasteiger partial charge in [-0.25, -0.2) is 4.39 Å². The Kier molecular flexibility index (Phi) is 3.89. The van der Waals surface area contributed by atoms with Crippen LogP contribution in [0, 0.1) is 5.82 Å². The van der Waals surface area contributed by atoms with Crippen molar-refractivity contribution in [2.75, 3.05) is 0 Å². The van der Waals surface area contributed by atoms with Crippen LogP contribution in [-0.4, -0.2) is 11.1 Å². The highest BCUT2D eigenvalue weighted by Gasteiger charge is 2.11. The molecule has 1 aromatic rings. The molecule has 5 heteroatoms. The molecular formula is C9H7BrClFO2. The van der Waals surface area contributed by atoms with E-state index in [1.165, 1.54) is 6.07 Å². The van der Waals surface area contributed by atoms with E-state index in [0.717, 1.165) is 0 Å². The van der Waals surface area contributed by atoms with E-state index in [9.17, 15) is 9.18 Å². The van der Waals surface area contributed by atoms with Crippen LogP contribution < -0.4 is 0 Å². The molecule has 0 bridgehead atoms. The maximum atomic E-state index is 13.1. The van der Waals surface area contributed by atoms with Crippen LogP contribution in [0.5, 0.6) is 0 Å². The summed E-state index contributed by atoms with van der Waals surface area (Å²) in [4.78, 5) is 10.4. The van der Waals surface area contributed by atoms with Gasteiger partial charge in [0.05, 0.1) is 11.4 Å². The summed E-state index contributed by atoms with van der Waals surface area (Å²) in [6.45, 7) is 0. The second-order valence-electron chi connectivity index (χ2n) is 2.75. The van der Waals surface area contributed by atoms with E-state index in [2.05, 4.69) is 15.9 Å². The van der Waals surface area contributed by atoms with Crippen LogP contribution in [0.3, 0.4) is 0 Å². The lowest BCUT2D eigenvalue weighted by Crippen LogP contribution is -2.02. The molecule has 0 atom stereocenters. The molecule has 0 fully saturated rings. The zero-order chi connectivity index (χ0) is 10.7. The highest BCUT2D eigenvalue weighted by atomic mass is 79.9. The number of carboxylic acids is 1. The van der Waals surface area contributed by atoms with Crippen molar-refractivity contribution in [3.63, 3.8) is 0 Å². The average Bonchev–Trinajstić information content (AvgIpc) is 2.11. The molecule has 1 aromatic carbocycles. The fourth-order valence-corrected chi connectivity index (χ4v) is 1.58. The maximum absolute atomic E-state index is 13.1. The number of hydrogen-bond donors (Lipinski definition) is 1. The Balaban J connectivity index is 3.13. The van der Waals surface area contributed by atoms with E-state index >= 15 is 0 Å². The van der Waals surface area contributed by atoms with Crippen molar-refractivity contribution in [2.45, 2.75) is 11.8 Å². The fourth-order valence-electron chi connectivity index (χ4n) is 1.08. The Bertz CT molecular complexity index is 368. The summed E-state index contributed by atoms with van der Waals surface area (Å²) in [7, 11) is 0. The molecule has 0 heterocycles. The molecule has 1 rings (SSSR count). The molecule has 0 radical (unpaired) electrons. The number of carbonyl (C=O) groups is 1. The Hall–Kier alpha value is -0.610. The third-order valence-electron chi connectivity index (χ3n) is 1.66. The molecule has 0 aliphatic rings. The second-order valence-corrected chi connectivity index (χ2v) is 3.69. The summed E-state index contributed by atoms with van der Waals surface area (Å²) in [5, 5.41) is 8.91. The first-order valence-electron chi connectivity index (χ1n) is 3.79. The molecule has 0 unspecified atom stereocenters. The molecule has 76 valence electrons. The van der Waals surface area contributed by atoms with Crippen LogP contribution in [0.1, 0.15) is 11.1 Å². The summed E-state index contributed by atoms with van der Waals surface area (Å²) < 4.78 is 13.1. The van der Waals surface area contributed by atoms with Gasteiger partial charge >= 0.3 is 5.97 Å². The van der Waals surface area contributed by atoms with Crippen molar-refractivity contribution in [3.8, 4) is 0 Å². The number of hydrogen-bond acceptors (Lipinski definition) is 1. The zero-order valence-corrected chi connectivity index (χ0v) is 9.40. The Morgan fingerprint density at radius 2 is 2.21 bits per heavy atom. The van der Waals surface area contributed by atoms with E-state index < -0.39 is 11.8 Å². The summed E-state index contributed by atoms with van der Waals surface area (Å²) >= 11 is 8.77. The van der Waals surface area contributed by atoms with Crippen molar-refractivity contribution in [2.24, 2.45) is 0 Å². The highest BCUT2D eigenvalue weighted by molar-refractivity contribution is 9.08. The minimum Gasteiger partial charge on any atom is -0.481 e. The van der Waals surface area contributed by atoms with E-state index in [1.807, 2.05) is 0 Å². The number of carboxylic acid groups (broad SMARTS) is 1. The minimum absolute atomic E-state index is 0.114. The predicted molar refractivity (Wildman–Crippen MR) is 55.4 cm³/mol. The molecule has 0 saturated heterocycles. The fraction of sp³-hybridized carbons (Fsp3) is 0.222. The first-order valence-corrected chi connectivity index (χ1v) is 5.29. The first kappa shape index (κ1) is 11.5. The number of rotatable bonds is 3. The standard InChI is InChI=1S/C9H7BrClFO2/c10-4-5-1-6(3-8(13)14)9(11)7(12)2-5/h1-2H,3-4H2,(H,13,14). The SMILES string of the molecule is O=C(O)Cc1cc(CBr)cc(F)c1Cl. The van der Waals surface area contributed by atoms with E-state index in [1.54, 1.807) is 6.07 Å². The monoisotopic (exact) mass is 280 g/mol. The number of benzene rings is 1.